The second kappa shape index (κ2) is 11.9. The number of nitrogens with zero attached hydrogens (tertiary/aromatic N) is 3. The van der Waals surface area contributed by atoms with Crippen molar-refractivity contribution in [3.63, 3.8) is 0 Å². The van der Waals surface area contributed by atoms with Gasteiger partial charge in [0.2, 0.25) is 0 Å². The molecule has 0 aliphatic rings. The summed E-state index contributed by atoms with van der Waals surface area (Å²) in [7, 11) is 1.90. The van der Waals surface area contributed by atoms with Crippen LogP contribution in [0.15, 0.2) is 54.9 Å². The Kier molecular flexibility index (Phi) is 8.77. The molecule has 2 aromatic carbocycles. The molecule has 4 aromatic rings. The van der Waals surface area contributed by atoms with Crippen LogP contribution in [0, 0.1) is 0 Å². The van der Waals surface area contributed by atoms with E-state index < -0.39 is 21.9 Å². The van der Waals surface area contributed by atoms with Crippen molar-refractivity contribution in [1.29, 1.82) is 0 Å². The molecule has 0 spiro atoms. The van der Waals surface area contributed by atoms with E-state index >= 15 is 0 Å². The molecule has 202 valence electrons. The van der Waals surface area contributed by atoms with Crippen molar-refractivity contribution in [3.05, 3.63) is 75.9 Å². The van der Waals surface area contributed by atoms with E-state index in [0.717, 1.165) is 11.1 Å². The minimum Gasteiger partial charge on any atom is -0.484 e. The molecule has 0 unspecified atom stereocenters. The Bertz CT molecular complexity index is 1550. The molecule has 0 saturated heterocycles. The summed E-state index contributed by atoms with van der Waals surface area (Å²) in [6, 6.07) is 14.6. The van der Waals surface area contributed by atoms with E-state index in [1.54, 1.807) is 24.5 Å². The largest absolute Gasteiger partial charge is 0.484 e. The maximum absolute atomic E-state index is 12.7. The number of halogens is 1. The second-order valence-corrected chi connectivity index (χ2v) is 12.9. The van der Waals surface area contributed by atoms with Gasteiger partial charge in [-0.15, -0.1) is 11.3 Å². The van der Waals surface area contributed by atoms with Gasteiger partial charge in [0.05, 0.1) is 29.6 Å². The highest BCUT2D eigenvalue weighted by atomic mass is 35.5. The highest BCUT2D eigenvalue weighted by molar-refractivity contribution is 7.90. The molecule has 0 N–H and O–H groups in total. The summed E-state index contributed by atoms with van der Waals surface area (Å²) in [5, 5.41) is 1.25. The molecular weight excluding hydrogens is 546 g/mol. The Hall–Kier alpha value is -2.92. The van der Waals surface area contributed by atoms with E-state index in [-0.39, 0.29) is 11.5 Å². The number of esters is 1. The first-order chi connectivity index (χ1) is 18.1. The maximum Gasteiger partial charge on any atom is 0.351 e. The Morgan fingerprint density at radius 3 is 2.66 bits per heavy atom. The van der Waals surface area contributed by atoms with Crippen LogP contribution in [0.5, 0.6) is 5.75 Å². The Morgan fingerprint density at radius 1 is 1.18 bits per heavy atom. The highest BCUT2D eigenvalue weighted by Gasteiger charge is 2.23. The molecule has 11 heteroatoms. The van der Waals surface area contributed by atoms with E-state index in [4.69, 9.17) is 21.1 Å². The number of carbonyl (C=O) groups is 1. The van der Waals surface area contributed by atoms with Gasteiger partial charge in [0.15, 0.2) is 14.7 Å². The molecule has 2 aromatic heterocycles. The van der Waals surface area contributed by atoms with Crippen LogP contribution in [0.2, 0.25) is 5.02 Å². The van der Waals surface area contributed by atoms with Gasteiger partial charge in [0, 0.05) is 16.7 Å². The number of benzene rings is 2. The van der Waals surface area contributed by atoms with E-state index in [0.29, 0.717) is 44.7 Å². The number of rotatable bonds is 11. The molecule has 0 amide bonds. The zero-order valence-corrected chi connectivity index (χ0v) is 24.1. The summed E-state index contributed by atoms with van der Waals surface area (Å²) in [5.41, 5.74) is 2.91. The van der Waals surface area contributed by atoms with E-state index in [9.17, 15) is 13.2 Å². The molecule has 0 saturated carbocycles. The van der Waals surface area contributed by atoms with E-state index in [2.05, 4.69) is 4.98 Å². The fourth-order valence-electron chi connectivity index (χ4n) is 4.11. The monoisotopic (exact) mass is 575 g/mol. The standard InChI is InChI=1S/C27H30ClN3O5S2/c1-18(20-8-5-6-9-21(20)28)36-24-15-25(37-26(24)27(32)35-4)31-17-29-22-11-10-19(14-23(22)31)16-38(33,34)13-7-12-30(2)3/h5-6,8-11,14-15,17-18H,7,12-13,16H2,1-4H3/t18-/m1/s1. The number of methoxy groups -OCH3 is 1. The molecule has 1 atom stereocenters. The van der Waals surface area contributed by atoms with Crippen LogP contribution in [0.4, 0.5) is 0 Å². The van der Waals surface area contributed by atoms with Crippen molar-refractivity contribution >= 4 is 49.8 Å². The smallest absolute Gasteiger partial charge is 0.351 e. The van der Waals surface area contributed by atoms with Gasteiger partial charge in [0.25, 0.3) is 0 Å². The first-order valence-corrected chi connectivity index (χ1v) is 15.0. The molecule has 0 aliphatic carbocycles. The highest BCUT2D eigenvalue weighted by Crippen LogP contribution is 2.37. The van der Waals surface area contributed by atoms with E-state index in [1.165, 1.54) is 18.4 Å². The molecule has 0 fully saturated rings. The SMILES string of the molecule is COC(=O)c1sc(-n2cnc3ccc(CS(=O)(=O)CCCN(C)C)cc32)cc1O[C@H](C)c1ccccc1Cl. The number of aromatic nitrogens is 2. The van der Waals surface area contributed by atoms with Crippen molar-refractivity contribution in [2.45, 2.75) is 25.2 Å². The number of hydrogen-bond donors (Lipinski definition) is 0. The third-order valence-corrected chi connectivity index (χ3v) is 9.12. The van der Waals surface area contributed by atoms with Gasteiger partial charge in [-0.25, -0.2) is 18.2 Å². The molecule has 4 rings (SSSR count). The summed E-state index contributed by atoms with van der Waals surface area (Å²) >= 11 is 7.55. The lowest BCUT2D eigenvalue weighted by Crippen LogP contribution is -2.18. The van der Waals surface area contributed by atoms with Crippen LogP contribution >= 0.6 is 22.9 Å². The summed E-state index contributed by atoms with van der Waals surface area (Å²) in [5.74, 6) is -0.0779. The molecule has 2 heterocycles. The van der Waals surface area contributed by atoms with Crippen molar-refractivity contribution < 1.29 is 22.7 Å². The van der Waals surface area contributed by atoms with Crippen molar-refractivity contribution in [2.24, 2.45) is 0 Å². The summed E-state index contributed by atoms with van der Waals surface area (Å²) in [6.45, 7) is 2.57. The zero-order chi connectivity index (χ0) is 27.4. The predicted molar refractivity (Wildman–Crippen MR) is 151 cm³/mol. The van der Waals surface area contributed by atoms with Crippen molar-refractivity contribution in [3.8, 4) is 10.8 Å². The number of hydrogen-bond acceptors (Lipinski definition) is 8. The van der Waals surface area contributed by atoms with Crippen LogP contribution in [-0.4, -0.2) is 62.3 Å². The summed E-state index contributed by atoms with van der Waals surface area (Å²) in [6.07, 6.45) is 1.81. The number of fused-ring (bicyclic) bond motifs is 1. The van der Waals surface area contributed by atoms with Crippen molar-refractivity contribution in [2.75, 3.05) is 33.5 Å². The number of thiophene rings is 1. The van der Waals surface area contributed by atoms with Gasteiger partial charge in [-0.1, -0.05) is 35.9 Å². The third kappa shape index (κ3) is 6.55. The summed E-state index contributed by atoms with van der Waals surface area (Å²) < 4.78 is 38.4. The quantitative estimate of drug-likeness (QED) is 0.217. The molecular formula is C27H30ClN3O5S2. The third-order valence-electron chi connectivity index (χ3n) is 6.00. The lowest BCUT2D eigenvalue weighted by Gasteiger charge is -2.16. The summed E-state index contributed by atoms with van der Waals surface area (Å²) in [4.78, 5) is 19.3. The fraction of sp³-hybridized carbons (Fsp3) is 0.333. The Balaban J connectivity index is 1.65. The molecule has 0 radical (unpaired) electrons. The maximum atomic E-state index is 12.7. The van der Waals surface area contributed by atoms with Crippen LogP contribution in [-0.2, 0) is 20.3 Å². The van der Waals surface area contributed by atoms with Gasteiger partial charge >= 0.3 is 5.97 Å². The van der Waals surface area contributed by atoms with Crippen LogP contribution in [0.1, 0.15) is 40.2 Å². The second-order valence-electron chi connectivity index (χ2n) is 9.24. The minimum absolute atomic E-state index is 0.0525. The average Bonchev–Trinajstić information content (AvgIpc) is 3.47. The van der Waals surface area contributed by atoms with Gasteiger partial charge < -0.3 is 14.4 Å². The lowest BCUT2D eigenvalue weighted by molar-refractivity contribution is 0.0600. The van der Waals surface area contributed by atoms with Gasteiger partial charge in [-0.2, -0.15) is 0 Å². The number of sulfone groups is 1. The topological polar surface area (TPSA) is 90.7 Å². The molecule has 8 nitrogen and oxygen atoms in total. The van der Waals surface area contributed by atoms with Gasteiger partial charge in [0.1, 0.15) is 23.2 Å². The minimum atomic E-state index is -3.27. The Labute approximate surface area is 231 Å². The molecule has 38 heavy (non-hydrogen) atoms. The number of imidazole rings is 1. The van der Waals surface area contributed by atoms with Gasteiger partial charge in [-0.3, -0.25) is 4.57 Å². The van der Waals surface area contributed by atoms with E-state index in [1.807, 2.05) is 60.8 Å². The first-order valence-electron chi connectivity index (χ1n) is 12.0. The fourth-order valence-corrected chi connectivity index (χ4v) is 6.79. The predicted octanol–water partition coefficient (Wildman–Crippen LogP) is 5.53. The van der Waals surface area contributed by atoms with Crippen molar-refractivity contribution in [1.82, 2.24) is 14.5 Å². The Morgan fingerprint density at radius 2 is 1.95 bits per heavy atom. The molecule has 0 bridgehead atoms. The first kappa shape index (κ1) is 28.1. The zero-order valence-electron chi connectivity index (χ0n) is 21.7. The van der Waals surface area contributed by atoms with Crippen LogP contribution in [0.25, 0.3) is 16.0 Å². The lowest BCUT2D eigenvalue weighted by atomic mass is 10.1. The van der Waals surface area contributed by atoms with Crippen LogP contribution in [0.3, 0.4) is 0 Å². The number of ether oxygens (including phenoxy) is 2. The average molecular weight is 576 g/mol. The van der Waals surface area contributed by atoms with Gasteiger partial charge in [-0.05, 0) is 57.7 Å². The number of carbonyl (C=O) groups excluding carboxylic acids is 1. The normalized spacial score (nSPS) is 12.7. The molecule has 0 aliphatic heterocycles. The van der Waals surface area contributed by atoms with Crippen LogP contribution < -0.4 is 4.74 Å².